The minimum absolute atomic E-state index is 0.483. The summed E-state index contributed by atoms with van der Waals surface area (Å²) >= 11 is 0. The van der Waals surface area contributed by atoms with Crippen LogP contribution >= 0.6 is 0 Å². The summed E-state index contributed by atoms with van der Waals surface area (Å²) in [5, 5.41) is 0. The molecule has 15 heavy (non-hydrogen) atoms. The van der Waals surface area contributed by atoms with Crippen LogP contribution in [0.1, 0.15) is 58.3 Å². The van der Waals surface area contributed by atoms with Gasteiger partial charge in [0, 0.05) is 24.9 Å². The first-order valence-electron chi connectivity index (χ1n) is 6.58. The first-order chi connectivity index (χ1) is 7.31. The molecule has 2 aliphatic rings. The van der Waals surface area contributed by atoms with Crippen LogP contribution in [0.25, 0.3) is 0 Å². The van der Waals surface area contributed by atoms with Gasteiger partial charge >= 0.3 is 0 Å². The molecular formula is C13H23NO. The van der Waals surface area contributed by atoms with Crippen LogP contribution in [0.4, 0.5) is 0 Å². The van der Waals surface area contributed by atoms with E-state index in [0.29, 0.717) is 11.8 Å². The summed E-state index contributed by atoms with van der Waals surface area (Å²) in [5.74, 6) is 0.483. The van der Waals surface area contributed by atoms with Crippen LogP contribution in [0, 0.1) is 0 Å². The van der Waals surface area contributed by atoms with E-state index in [2.05, 4.69) is 11.8 Å². The van der Waals surface area contributed by atoms with Gasteiger partial charge in [-0.3, -0.25) is 9.69 Å². The zero-order valence-corrected chi connectivity index (χ0v) is 9.87. The number of hydrogen-bond donors (Lipinski definition) is 0. The molecule has 86 valence electrons. The number of carbonyl (C=O) groups excluding carboxylic acids is 1. The molecule has 0 aromatic heterocycles. The van der Waals surface area contributed by atoms with E-state index in [0.717, 1.165) is 31.7 Å². The van der Waals surface area contributed by atoms with Crippen molar-refractivity contribution in [1.29, 1.82) is 0 Å². The smallest absolute Gasteiger partial charge is 0.133 e. The third kappa shape index (κ3) is 2.60. The van der Waals surface area contributed by atoms with Crippen LogP contribution in [-0.4, -0.2) is 29.3 Å². The molecule has 2 rings (SSSR count). The number of carbonyl (C=O) groups is 1. The summed E-state index contributed by atoms with van der Waals surface area (Å²) in [6.45, 7) is 3.58. The van der Waals surface area contributed by atoms with Crippen LogP contribution in [0.2, 0.25) is 0 Å². The van der Waals surface area contributed by atoms with Crippen LogP contribution in [0.15, 0.2) is 0 Å². The molecule has 0 bridgehead atoms. The Hall–Kier alpha value is -0.370. The maximum Gasteiger partial charge on any atom is 0.133 e. The van der Waals surface area contributed by atoms with Crippen molar-refractivity contribution >= 4 is 5.78 Å². The van der Waals surface area contributed by atoms with E-state index in [-0.39, 0.29) is 0 Å². The SMILES string of the molecule is CCC1CCCCN1C1CCC(=O)CC1. The third-order valence-electron chi connectivity index (χ3n) is 4.13. The second-order valence-corrected chi connectivity index (χ2v) is 5.07. The molecule has 1 aliphatic heterocycles. The highest BCUT2D eigenvalue weighted by molar-refractivity contribution is 5.79. The van der Waals surface area contributed by atoms with Crippen molar-refractivity contribution in [3.8, 4) is 0 Å². The molecule has 1 unspecified atom stereocenters. The highest BCUT2D eigenvalue weighted by Crippen LogP contribution is 2.28. The molecule has 1 saturated heterocycles. The van der Waals surface area contributed by atoms with Crippen LogP contribution in [-0.2, 0) is 4.79 Å². The number of piperidine rings is 1. The summed E-state index contributed by atoms with van der Waals surface area (Å²) in [4.78, 5) is 13.9. The average Bonchev–Trinajstić information content (AvgIpc) is 2.30. The predicted octanol–water partition coefficient (Wildman–Crippen LogP) is 2.76. The standard InChI is InChI=1S/C13H23NO/c1-2-11-5-3-4-10-14(11)12-6-8-13(15)9-7-12/h11-12H,2-10H2,1H3. The van der Waals surface area contributed by atoms with Gasteiger partial charge in [0.15, 0.2) is 0 Å². The minimum Gasteiger partial charge on any atom is -0.300 e. The van der Waals surface area contributed by atoms with Gasteiger partial charge in [-0.05, 0) is 38.6 Å². The quantitative estimate of drug-likeness (QED) is 0.697. The van der Waals surface area contributed by atoms with Gasteiger partial charge in [-0.1, -0.05) is 13.3 Å². The lowest BCUT2D eigenvalue weighted by molar-refractivity contribution is -0.121. The molecule has 0 aromatic carbocycles. The molecule has 0 N–H and O–H groups in total. The normalized spacial score (nSPS) is 30.7. The van der Waals surface area contributed by atoms with E-state index in [1.165, 1.54) is 32.2 Å². The Morgan fingerprint density at radius 2 is 1.93 bits per heavy atom. The Bertz CT molecular complexity index is 217. The summed E-state index contributed by atoms with van der Waals surface area (Å²) in [6.07, 6.45) is 9.33. The number of rotatable bonds is 2. The molecule has 0 radical (unpaired) electrons. The third-order valence-corrected chi connectivity index (χ3v) is 4.13. The van der Waals surface area contributed by atoms with E-state index in [9.17, 15) is 4.79 Å². The molecule has 0 amide bonds. The van der Waals surface area contributed by atoms with Crippen LogP contribution < -0.4 is 0 Å². The van der Waals surface area contributed by atoms with E-state index in [1.807, 2.05) is 0 Å². The van der Waals surface area contributed by atoms with Gasteiger partial charge in [0.05, 0.1) is 0 Å². The lowest BCUT2D eigenvalue weighted by atomic mass is 9.89. The van der Waals surface area contributed by atoms with Gasteiger partial charge in [0.1, 0.15) is 5.78 Å². The fourth-order valence-corrected chi connectivity index (χ4v) is 3.20. The highest BCUT2D eigenvalue weighted by Gasteiger charge is 2.30. The Morgan fingerprint density at radius 3 is 2.60 bits per heavy atom. The lowest BCUT2D eigenvalue weighted by Gasteiger charge is -2.42. The van der Waals surface area contributed by atoms with Crippen molar-refractivity contribution in [3.63, 3.8) is 0 Å². The van der Waals surface area contributed by atoms with Gasteiger partial charge in [-0.25, -0.2) is 0 Å². The summed E-state index contributed by atoms with van der Waals surface area (Å²) in [5.41, 5.74) is 0. The molecule has 1 heterocycles. The maximum atomic E-state index is 11.2. The van der Waals surface area contributed by atoms with Gasteiger partial charge in [-0.15, -0.1) is 0 Å². The molecule has 0 spiro atoms. The fourth-order valence-electron chi connectivity index (χ4n) is 3.20. The molecule has 2 nitrogen and oxygen atoms in total. The zero-order chi connectivity index (χ0) is 10.7. The van der Waals surface area contributed by atoms with Crippen molar-refractivity contribution in [1.82, 2.24) is 4.90 Å². The van der Waals surface area contributed by atoms with Crippen molar-refractivity contribution in [2.75, 3.05) is 6.54 Å². The number of nitrogens with zero attached hydrogens (tertiary/aromatic N) is 1. The zero-order valence-electron chi connectivity index (χ0n) is 9.87. The topological polar surface area (TPSA) is 20.3 Å². The number of hydrogen-bond acceptors (Lipinski definition) is 2. The van der Waals surface area contributed by atoms with Crippen molar-refractivity contribution in [2.24, 2.45) is 0 Å². The highest BCUT2D eigenvalue weighted by atomic mass is 16.1. The van der Waals surface area contributed by atoms with E-state index >= 15 is 0 Å². The second-order valence-electron chi connectivity index (χ2n) is 5.07. The Kier molecular flexibility index (Phi) is 3.79. The van der Waals surface area contributed by atoms with Crippen molar-refractivity contribution in [2.45, 2.75) is 70.4 Å². The lowest BCUT2D eigenvalue weighted by Crippen LogP contribution is -2.47. The fraction of sp³-hybridized carbons (Fsp3) is 0.923. The molecular weight excluding hydrogens is 186 g/mol. The average molecular weight is 209 g/mol. The molecule has 1 atom stereocenters. The number of ketones is 1. The van der Waals surface area contributed by atoms with E-state index in [1.54, 1.807) is 0 Å². The minimum atomic E-state index is 0.483. The van der Waals surface area contributed by atoms with Gasteiger partial charge in [0.25, 0.3) is 0 Å². The predicted molar refractivity (Wildman–Crippen MR) is 61.9 cm³/mol. The van der Waals surface area contributed by atoms with E-state index in [4.69, 9.17) is 0 Å². The summed E-state index contributed by atoms with van der Waals surface area (Å²) in [6, 6.07) is 1.52. The first-order valence-corrected chi connectivity index (χ1v) is 6.58. The molecule has 1 saturated carbocycles. The van der Waals surface area contributed by atoms with Gasteiger partial charge < -0.3 is 0 Å². The van der Waals surface area contributed by atoms with E-state index < -0.39 is 0 Å². The number of Topliss-reactive ketones (excluding diaryl/α,β-unsaturated/α-hetero) is 1. The van der Waals surface area contributed by atoms with Crippen LogP contribution in [0.5, 0.6) is 0 Å². The monoisotopic (exact) mass is 209 g/mol. The molecule has 2 fully saturated rings. The largest absolute Gasteiger partial charge is 0.300 e. The Morgan fingerprint density at radius 1 is 1.20 bits per heavy atom. The second kappa shape index (κ2) is 5.11. The number of likely N-dealkylation sites (tertiary alicyclic amines) is 1. The maximum absolute atomic E-state index is 11.2. The molecule has 1 aliphatic carbocycles. The molecule has 0 aromatic rings. The first kappa shape index (κ1) is 11.1. The van der Waals surface area contributed by atoms with Crippen molar-refractivity contribution < 1.29 is 4.79 Å². The van der Waals surface area contributed by atoms with Crippen LogP contribution in [0.3, 0.4) is 0 Å². The van der Waals surface area contributed by atoms with Gasteiger partial charge in [-0.2, -0.15) is 0 Å². The summed E-state index contributed by atoms with van der Waals surface area (Å²) in [7, 11) is 0. The Labute approximate surface area is 93.0 Å². The van der Waals surface area contributed by atoms with Crippen molar-refractivity contribution in [3.05, 3.63) is 0 Å². The van der Waals surface area contributed by atoms with Gasteiger partial charge in [0.2, 0.25) is 0 Å². The molecule has 2 heteroatoms. The Balaban J connectivity index is 1.92. The summed E-state index contributed by atoms with van der Waals surface area (Å²) < 4.78 is 0.